The fourth-order valence-electron chi connectivity index (χ4n) is 3.60. The van der Waals surface area contributed by atoms with Crippen LogP contribution in [0.15, 0.2) is 35.5 Å². The van der Waals surface area contributed by atoms with E-state index >= 15 is 0 Å². The van der Waals surface area contributed by atoms with Crippen LogP contribution in [0.3, 0.4) is 0 Å². The Morgan fingerprint density at radius 3 is 2.56 bits per heavy atom. The van der Waals surface area contributed by atoms with Gasteiger partial charge in [0.2, 0.25) is 0 Å². The molecule has 0 saturated heterocycles. The summed E-state index contributed by atoms with van der Waals surface area (Å²) in [4.78, 5) is 28.2. The number of alkyl halides is 3. The molecule has 3 rings (SSSR count). The molecule has 1 aromatic rings. The molecule has 1 atom stereocenters. The number of nitrogens with zero attached hydrogens (tertiary/aromatic N) is 2. The summed E-state index contributed by atoms with van der Waals surface area (Å²) in [5, 5.41) is 2.57. The zero-order valence-electron chi connectivity index (χ0n) is 15.3. The summed E-state index contributed by atoms with van der Waals surface area (Å²) in [6, 6.07) is 3.44. The molecule has 1 aromatic carbocycles. The third-order valence-electron chi connectivity index (χ3n) is 5.04. The van der Waals surface area contributed by atoms with Crippen LogP contribution in [0.1, 0.15) is 43.4 Å². The normalized spacial score (nSPS) is 20.3. The highest BCUT2D eigenvalue weighted by Crippen LogP contribution is 2.41. The Balaban J connectivity index is 2.00. The highest BCUT2D eigenvalue weighted by Gasteiger charge is 2.45. The predicted octanol–water partition coefficient (Wildman–Crippen LogP) is 3.69. The van der Waals surface area contributed by atoms with Crippen LogP contribution in [0, 0.1) is 0 Å². The first kappa shape index (κ1) is 19.3. The molecule has 2 aliphatic heterocycles. The Bertz CT molecular complexity index is 789. The standard InChI is InChI=1S/C19H22F3N3O2/c1-3-4-7-10-25-11-14-15(17(25)26)16(23-18(27)24(14)2)12-8-5-6-9-13(12)19(20,21)22/h5-6,8-9,16H,3-4,7,10-11H2,1-2H3,(H,23,27). The maximum absolute atomic E-state index is 13.5. The van der Waals surface area contributed by atoms with Gasteiger partial charge in [0, 0.05) is 13.6 Å². The Hall–Kier alpha value is -2.51. The molecule has 27 heavy (non-hydrogen) atoms. The fourth-order valence-corrected chi connectivity index (χ4v) is 3.60. The number of carbonyl (C=O) groups excluding carboxylic acids is 2. The Kier molecular flexibility index (Phi) is 5.17. The number of unbranched alkanes of at least 4 members (excludes halogenated alkanes) is 2. The topological polar surface area (TPSA) is 52.7 Å². The first-order valence-corrected chi connectivity index (χ1v) is 8.98. The van der Waals surface area contributed by atoms with E-state index in [1.54, 1.807) is 4.90 Å². The van der Waals surface area contributed by atoms with Gasteiger partial charge in [-0.25, -0.2) is 4.79 Å². The Morgan fingerprint density at radius 2 is 1.89 bits per heavy atom. The molecule has 5 nitrogen and oxygen atoms in total. The lowest BCUT2D eigenvalue weighted by molar-refractivity contribution is -0.138. The number of hydrogen-bond donors (Lipinski definition) is 1. The van der Waals surface area contributed by atoms with Gasteiger partial charge in [0.15, 0.2) is 0 Å². The van der Waals surface area contributed by atoms with E-state index in [1.165, 1.54) is 30.1 Å². The van der Waals surface area contributed by atoms with E-state index in [1.807, 2.05) is 0 Å². The van der Waals surface area contributed by atoms with Crippen molar-refractivity contribution in [2.24, 2.45) is 0 Å². The van der Waals surface area contributed by atoms with Crippen LogP contribution in [0.4, 0.5) is 18.0 Å². The molecule has 146 valence electrons. The number of likely N-dealkylation sites (N-methyl/N-ethyl adjacent to an activating group) is 1. The van der Waals surface area contributed by atoms with E-state index in [0.29, 0.717) is 12.2 Å². The van der Waals surface area contributed by atoms with Gasteiger partial charge in [-0.3, -0.25) is 9.69 Å². The largest absolute Gasteiger partial charge is 0.416 e. The average Bonchev–Trinajstić information content (AvgIpc) is 2.95. The van der Waals surface area contributed by atoms with Crippen molar-refractivity contribution in [1.29, 1.82) is 0 Å². The van der Waals surface area contributed by atoms with E-state index < -0.39 is 23.8 Å². The summed E-state index contributed by atoms with van der Waals surface area (Å²) in [5.41, 5.74) is -0.251. The molecule has 0 aromatic heterocycles. The van der Waals surface area contributed by atoms with E-state index in [4.69, 9.17) is 0 Å². The minimum Gasteiger partial charge on any atom is -0.333 e. The molecular weight excluding hydrogens is 359 g/mol. The number of rotatable bonds is 5. The van der Waals surface area contributed by atoms with Crippen LogP contribution in [0.2, 0.25) is 0 Å². The first-order valence-electron chi connectivity index (χ1n) is 8.98. The summed E-state index contributed by atoms with van der Waals surface area (Å²) in [6.07, 6.45) is -1.80. The van der Waals surface area contributed by atoms with Crippen molar-refractivity contribution < 1.29 is 22.8 Å². The summed E-state index contributed by atoms with van der Waals surface area (Å²) in [5.74, 6) is -0.310. The molecule has 0 fully saturated rings. The minimum absolute atomic E-state index is 0.109. The Labute approximate surface area is 155 Å². The SMILES string of the molecule is CCCCCN1CC2=C(C1=O)C(c1ccccc1C(F)(F)F)NC(=O)N2C. The number of urea groups is 1. The lowest BCUT2D eigenvalue weighted by atomic mass is 9.92. The van der Waals surface area contributed by atoms with Gasteiger partial charge >= 0.3 is 12.2 Å². The summed E-state index contributed by atoms with van der Waals surface area (Å²) < 4.78 is 40.4. The van der Waals surface area contributed by atoms with E-state index in [-0.39, 0.29) is 23.6 Å². The van der Waals surface area contributed by atoms with Crippen molar-refractivity contribution >= 4 is 11.9 Å². The van der Waals surface area contributed by atoms with Crippen LogP contribution >= 0.6 is 0 Å². The van der Waals surface area contributed by atoms with Gasteiger partial charge in [0.1, 0.15) is 0 Å². The van der Waals surface area contributed by atoms with Crippen molar-refractivity contribution in [3.05, 3.63) is 46.7 Å². The number of halogens is 3. The molecule has 0 aliphatic carbocycles. The van der Waals surface area contributed by atoms with E-state index in [2.05, 4.69) is 12.2 Å². The predicted molar refractivity (Wildman–Crippen MR) is 93.6 cm³/mol. The van der Waals surface area contributed by atoms with Crippen LogP contribution in [-0.4, -0.2) is 41.9 Å². The second-order valence-electron chi connectivity index (χ2n) is 6.82. The second-order valence-corrected chi connectivity index (χ2v) is 6.82. The third kappa shape index (κ3) is 3.52. The van der Waals surface area contributed by atoms with Crippen LogP contribution in [0.5, 0.6) is 0 Å². The van der Waals surface area contributed by atoms with Gasteiger partial charge in [-0.2, -0.15) is 13.2 Å². The van der Waals surface area contributed by atoms with Crippen molar-refractivity contribution in [1.82, 2.24) is 15.1 Å². The molecule has 2 aliphatic rings. The van der Waals surface area contributed by atoms with Crippen molar-refractivity contribution in [3.63, 3.8) is 0 Å². The molecule has 0 saturated carbocycles. The first-order chi connectivity index (χ1) is 12.8. The maximum atomic E-state index is 13.5. The lowest BCUT2D eigenvalue weighted by Crippen LogP contribution is -2.45. The van der Waals surface area contributed by atoms with Crippen molar-refractivity contribution in [3.8, 4) is 0 Å². The number of nitrogens with one attached hydrogen (secondary N) is 1. The zero-order valence-corrected chi connectivity index (χ0v) is 15.3. The number of carbonyl (C=O) groups is 2. The van der Waals surface area contributed by atoms with Gasteiger partial charge < -0.3 is 10.2 Å². The fraction of sp³-hybridized carbons (Fsp3) is 0.474. The van der Waals surface area contributed by atoms with Gasteiger partial charge in [-0.1, -0.05) is 38.0 Å². The molecular formula is C19H22F3N3O2. The van der Waals surface area contributed by atoms with Gasteiger partial charge in [0.05, 0.1) is 29.4 Å². The molecule has 8 heteroatoms. The number of benzene rings is 1. The summed E-state index contributed by atoms with van der Waals surface area (Å²) >= 11 is 0. The van der Waals surface area contributed by atoms with Gasteiger partial charge in [-0.15, -0.1) is 0 Å². The lowest BCUT2D eigenvalue weighted by Gasteiger charge is -2.32. The monoisotopic (exact) mass is 381 g/mol. The smallest absolute Gasteiger partial charge is 0.333 e. The van der Waals surface area contributed by atoms with Crippen LogP contribution < -0.4 is 5.32 Å². The quantitative estimate of drug-likeness (QED) is 0.791. The van der Waals surface area contributed by atoms with Crippen LogP contribution in [-0.2, 0) is 11.0 Å². The zero-order chi connectivity index (χ0) is 19.8. The molecule has 2 heterocycles. The van der Waals surface area contributed by atoms with E-state index in [0.717, 1.165) is 25.3 Å². The Morgan fingerprint density at radius 1 is 1.19 bits per heavy atom. The number of amides is 3. The average molecular weight is 381 g/mol. The molecule has 1 unspecified atom stereocenters. The van der Waals surface area contributed by atoms with Crippen LogP contribution in [0.25, 0.3) is 0 Å². The summed E-state index contributed by atoms with van der Waals surface area (Å²) in [6.45, 7) is 2.82. The number of hydrogen-bond acceptors (Lipinski definition) is 2. The highest BCUT2D eigenvalue weighted by molar-refractivity contribution is 6.01. The minimum atomic E-state index is -4.58. The highest BCUT2D eigenvalue weighted by atomic mass is 19.4. The van der Waals surface area contributed by atoms with Crippen molar-refractivity contribution in [2.75, 3.05) is 20.1 Å². The molecule has 3 amide bonds. The maximum Gasteiger partial charge on any atom is 0.416 e. The molecule has 1 N–H and O–H groups in total. The van der Waals surface area contributed by atoms with Gasteiger partial charge in [0.25, 0.3) is 5.91 Å². The van der Waals surface area contributed by atoms with Crippen molar-refractivity contribution in [2.45, 2.75) is 38.4 Å². The van der Waals surface area contributed by atoms with Gasteiger partial charge in [-0.05, 0) is 18.1 Å². The molecule has 0 bridgehead atoms. The summed E-state index contributed by atoms with van der Waals surface area (Å²) in [7, 11) is 1.53. The molecule has 0 spiro atoms. The third-order valence-corrected chi connectivity index (χ3v) is 5.04. The second kappa shape index (κ2) is 7.25. The van der Waals surface area contributed by atoms with E-state index in [9.17, 15) is 22.8 Å². The molecule has 0 radical (unpaired) electrons.